The van der Waals surface area contributed by atoms with Gasteiger partial charge in [-0.25, -0.2) is 0 Å². The number of rotatable bonds is 7. The normalized spacial score (nSPS) is 29.0. The molecule has 1 fully saturated rings. The number of nitrogens with one attached hydrogen (secondary N) is 2. The number of hydrogen-bond donors (Lipinski definition) is 7. The predicted molar refractivity (Wildman–Crippen MR) is 94.7 cm³/mol. The predicted octanol–water partition coefficient (Wildman–Crippen LogP) is -2.00. The van der Waals surface area contributed by atoms with E-state index in [4.69, 9.17) is 15.6 Å². The highest BCUT2D eigenvalue weighted by Gasteiger charge is 2.44. The van der Waals surface area contributed by atoms with E-state index < -0.39 is 55.1 Å². The van der Waals surface area contributed by atoms with E-state index in [2.05, 4.69) is 10.6 Å². The van der Waals surface area contributed by atoms with Gasteiger partial charge in [-0.3, -0.25) is 9.59 Å². The van der Waals surface area contributed by atoms with Crippen LogP contribution in [0.2, 0.25) is 0 Å². The first-order chi connectivity index (χ1) is 12.7. The second-order valence-electron chi connectivity index (χ2n) is 6.48. The van der Waals surface area contributed by atoms with Gasteiger partial charge in [0.15, 0.2) is 6.23 Å². The Morgan fingerprint density at radius 2 is 1.85 bits per heavy atom. The summed E-state index contributed by atoms with van der Waals surface area (Å²) in [7, 11) is 0. The number of benzene rings is 1. The first-order valence-electron chi connectivity index (χ1n) is 8.46. The van der Waals surface area contributed by atoms with Gasteiger partial charge >= 0.3 is 5.97 Å². The third-order valence-corrected chi connectivity index (χ3v) is 4.33. The maximum Gasteiger partial charge on any atom is 0.320 e. The number of carbonyl (C=O) groups is 2. The van der Waals surface area contributed by atoms with E-state index in [1.54, 1.807) is 24.3 Å². The Hall–Kier alpha value is -2.24. The average molecular weight is 383 g/mol. The molecule has 0 radical (unpaired) electrons. The second-order valence-corrected chi connectivity index (χ2v) is 6.48. The second kappa shape index (κ2) is 9.11. The van der Waals surface area contributed by atoms with Gasteiger partial charge in [0, 0.05) is 12.6 Å². The number of anilines is 1. The smallest absolute Gasteiger partial charge is 0.320 e. The van der Waals surface area contributed by atoms with Crippen LogP contribution in [-0.4, -0.2) is 75.5 Å². The lowest BCUT2D eigenvalue weighted by atomic mass is 9.95. The summed E-state index contributed by atoms with van der Waals surface area (Å²) in [4.78, 5) is 22.2. The summed E-state index contributed by atoms with van der Waals surface area (Å²) in [6, 6.07) is 4.77. The lowest BCUT2D eigenvalue weighted by molar-refractivity contribution is -0.188. The molecule has 1 unspecified atom stereocenters. The number of carboxylic acid groups (broad SMARTS) is 1. The van der Waals surface area contributed by atoms with Crippen LogP contribution >= 0.6 is 0 Å². The van der Waals surface area contributed by atoms with E-state index in [0.29, 0.717) is 5.69 Å². The van der Waals surface area contributed by atoms with Gasteiger partial charge in [0.2, 0.25) is 5.91 Å². The minimum Gasteiger partial charge on any atom is -0.480 e. The van der Waals surface area contributed by atoms with Gasteiger partial charge in [0.1, 0.15) is 30.4 Å². The van der Waals surface area contributed by atoms with Gasteiger partial charge in [-0.2, -0.15) is 0 Å². The summed E-state index contributed by atoms with van der Waals surface area (Å²) < 4.78 is 5.58. The van der Waals surface area contributed by atoms with Crippen LogP contribution in [0.1, 0.15) is 12.5 Å². The summed E-state index contributed by atoms with van der Waals surface area (Å²) >= 11 is 0. The van der Waals surface area contributed by atoms with Crippen molar-refractivity contribution in [3.05, 3.63) is 29.8 Å². The lowest BCUT2D eigenvalue weighted by Crippen LogP contribution is -2.65. The molecular weight excluding hydrogens is 358 g/mol. The molecule has 1 aromatic rings. The van der Waals surface area contributed by atoms with Crippen LogP contribution < -0.4 is 16.4 Å². The fourth-order valence-corrected chi connectivity index (χ4v) is 2.88. The number of aliphatic hydroxyl groups is 3. The highest BCUT2D eigenvalue weighted by atomic mass is 16.5. The molecule has 27 heavy (non-hydrogen) atoms. The summed E-state index contributed by atoms with van der Waals surface area (Å²) in [5.74, 6) is -1.50. The maximum atomic E-state index is 11.4. The Bertz CT molecular complexity index is 654. The summed E-state index contributed by atoms with van der Waals surface area (Å²) in [5.41, 5.74) is 6.81. The van der Waals surface area contributed by atoms with Crippen LogP contribution in [0.5, 0.6) is 0 Å². The Morgan fingerprint density at radius 3 is 2.37 bits per heavy atom. The number of aliphatic carboxylic acids is 1. The van der Waals surface area contributed by atoms with Crippen molar-refractivity contribution in [2.24, 2.45) is 5.73 Å². The van der Waals surface area contributed by atoms with Gasteiger partial charge in [0.25, 0.3) is 0 Å². The molecule has 2 rings (SSSR count). The molecule has 10 heteroatoms. The highest BCUT2D eigenvalue weighted by Crippen LogP contribution is 2.23. The minimum absolute atomic E-state index is 0.168. The molecule has 0 bridgehead atoms. The summed E-state index contributed by atoms with van der Waals surface area (Å²) in [6.45, 7) is 0.768. The molecule has 0 spiro atoms. The monoisotopic (exact) mass is 383 g/mol. The molecule has 0 saturated carbocycles. The number of hydrogen-bond acceptors (Lipinski definition) is 8. The molecule has 1 heterocycles. The molecule has 10 nitrogen and oxygen atoms in total. The SMILES string of the molecule is CC(=O)N[C@@H]1[C@@H](O)[C@@H](O)[C@@H](CO)O[C@H]1Nc1ccc(CC(N)C(=O)O)cc1. The van der Waals surface area contributed by atoms with E-state index >= 15 is 0 Å². The molecule has 1 aliphatic rings. The zero-order valence-corrected chi connectivity index (χ0v) is 14.8. The van der Waals surface area contributed by atoms with Crippen LogP contribution in [-0.2, 0) is 20.7 Å². The largest absolute Gasteiger partial charge is 0.480 e. The first-order valence-corrected chi connectivity index (χ1v) is 8.46. The van der Waals surface area contributed by atoms with Crippen LogP contribution in [0.25, 0.3) is 0 Å². The van der Waals surface area contributed by atoms with Gasteiger partial charge in [0.05, 0.1) is 6.61 Å². The van der Waals surface area contributed by atoms with Crippen molar-refractivity contribution in [1.29, 1.82) is 0 Å². The number of ether oxygens (including phenoxy) is 1. The van der Waals surface area contributed by atoms with E-state index in [9.17, 15) is 24.9 Å². The van der Waals surface area contributed by atoms with E-state index in [-0.39, 0.29) is 6.42 Å². The Morgan fingerprint density at radius 1 is 1.22 bits per heavy atom. The molecule has 150 valence electrons. The standard InChI is InChI=1S/C17H25N3O7/c1-8(22)19-13-15(24)14(23)12(7-21)27-16(13)20-10-4-2-9(3-5-10)6-11(18)17(25)26/h2-5,11-16,20-21,23-24H,6-7,18H2,1H3,(H,19,22)(H,25,26)/t11?,12-,13-,14+,15-,16-/m1/s1. The number of aliphatic hydroxyl groups excluding tert-OH is 3. The molecule has 1 saturated heterocycles. The Kier molecular flexibility index (Phi) is 7.11. The fourth-order valence-electron chi connectivity index (χ4n) is 2.88. The molecule has 1 aromatic carbocycles. The van der Waals surface area contributed by atoms with Crippen molar-refractivity contribution in [2.75, 3.05) is 11.9 Å². The Balaban J connectivity index is 2.11. The number of carboxylic acids is 1. The molecule has 1 amide bonds. The third-order valence-electron chi connectivity index (χ3n) is 4.33. The van der Waals surface area contributed by atoms with Crippen molar-refractivity contribution in [2.45, 2.75) is 50.0 Å². The van der Waals surface area contributed by atoms with Gasteiger partial charge < -0.3 is 41.5 Å². The summed E-state index contributed by atoms with van der Waals surface area (Å²) in [6.07, 6.45) is -4.46. The average Bonchev–Trinajstić information content (AvgIpc) is 2.62. The van der Waals surface area contributed by atoms with E-state index in [1.807, 2.05) is 0 Å². The molecule has 6 atom stereocenters. The van der Waals surface area contributed by atoms with Crippen LogP contribution in [0.15, 0.2) is 24.3 Å². The maximum absolute atomic E-state index is 11.4. The molecular formula is C17H25N3O7. The third kappa shape index (κ3) is 5.37. The van der Waals surface area contributed by atoms with Crippen LogP contribution in [0.4, 0.5) is 5.69 Å². The summed E-state index contributed by atoms with van der Waals surface area (Å²) in [5, 5.41) is 44.0. The minimum atomic E-state index is -1.36. The van der Waals surface area contributed by atoms with Crippen molar-refractivity contribution in [1.82, 2.24) is 5.32 Å². The van der Waals surface area contributed by atoms with Crippen LogP contribution in [0, 0.1) is 0 Å². The number of amides is 1. The number of carbonyl (C=O) groups excluding carboxylic acids is 1. The molecule has 8 N–H and O–H groups in total. The molecule has 0 aliphatic carbocycles. The van der Waals surface area contributed by atoms with Crippen molar-refractivity contribution in [3.63, 3.8) is 0 Å². The van der Waals surface area contributed by atoms with Crippen molar-refractivity contribution < 1.29 is 34.8 Å². The van der Waals surface area contributed by atoms with E-state index in [1.165, 1.54) is 6.92 Å². The first kappa shape index (κ1) is 21.1. The van der Waals surface area contributed by atoms with Gasteiger partial charge in [-0.1, -0.05) is 12.1 Å². The zero-order chi connectivity index (χ0) is 20.1. The zero-order valence-electron chi connectivity index (χ0n) is 14.8. The number of nitrogens with two attached hydrogens (primary N) is 1. The quantitative estimate of drug-likeness (QED) is 0.281. The van der Waals surface area contributed by atoms with Gasteiger partial charge in [-0.15, -0.1) is 0 Å². The highest BCUT2D eigenvalue weighted by molar-refractivity contribution is 5.74. The Labute approximate surface area is 155 Å². The molecule has 1 aliphatic heterocycles. The lowest BCUT2D eigenvalue weighted by Gasteiger charge is -2.43. The van der Waals surface area contributed by atoms with Crippen molar-refractivity contribution >= 4 is 17.6 Å². The molecule has 0 aromatic heterocycles. The van der Waals surface area contributed by atoms with Gasteiger partial charge in [-0.05, 0) is 24.1 Å². The van der Waals surface area contributed by atoms with E-state index in [0.717, 1.165) is 5.56 Å². The fraction of sp³-hybridized carbons (Fsp3) is 0.529. The topological polar surface area (TPSA) is 174 Å². The van der Waals surface area contributed by atoms with Crippen LogP contribution in [0.3, 0.4) is 0 Å². The van der Waals surface area contributed by atoms with Crippen molar-refractivity contribution in [3.8, 4) is 0 Å².